The van der Waals surface area contributed by atoms with Crippen molar-refractivity contribution in [3.63, 3.8) is 0 Å². The Morgan fingerprint density at radius 1 is 1.22 bits per heavy atom. The summed E-state index contributed by atoms with van der Waals surface area (Å²) in [6, 6.07) is 9.51. The highest BCUT2D eigenvalue weighted by atomic mass is 79.9. The first-order chi connectivity index (χ1) is 8.70. The monoisotopic (exact) mass is 307 g/mol. The molecule has 94 valence electrons. The minimum absolute atomic E-state index is 0.491. The number of hydrogen-bond donors (Lipinski definition) is 0. The van der Waals surface area contributed by atoms with Crippen LogP contribution in [0.3, 0.4) is 0 Å². The number of aryl methyl sites for hydroxylation is 1. The van der Waals surface area contributed by atoms with Gasteiger partial charge in [0, 0.05) is 10.7 Å². The first-order valence-electron chi connectivity index (χ1n) is 5.72. The average molecular weight is 308 g/mol. The molecule has 0 saturated heterocycles. The molecule has 1 aromatic carbocycles. The van der Waals surface area contributed by atoms with Crippen molar-refractivity contribution in [2.75, 3.05) is 6.61 Å². The van der Waals surface area contributed by atoms with Crippen molar-refractivity contribution < 1.29 is 9.47 Å². The summed E-state index contributed by atoms with van der Waals surface area (Å²) in [5, 5.41) is 0. The van der Waals surface area contributed by atoms with E-state index in [4.69, 9.17) is 9.47 Å². The van der Waals surface area contributed by atoms with Crippen LogP contribution in [-0.4, -0.2) is 11.6 Å². The van der Waals surface area contributed by atoms with Crippen molar-refractivity contribution in [3.05, 3.63) is 46.6 Å². The van der Waals surface area contributed by atoms with Gasteiger partial charge in [0.1, 0.15) is 5.75 Å². The molecule has 0 aliphatic rings. The second kappa shape index (κ2) is 5.87. The van der Waals surface area contributed by atoms with Crippen LogP contribution in [0.5, 0.6) is 17.4 Å². The lowest BCUT2D eigenvalue weighted by atomic mass is 10.2. The van der Waals surface area contributed by atoms with Crippen LogP contribution in [0, 0.1) is 6.92 Å². The van der Waals surface area contributed by atoms with E-state index < -0.39 is 0 Å². The molecular weight excluding hydrogens is 294 g/mol. The Balaban J connectivity index is 2.28. The van der Waals surface area contributed by atoms with Crippen LogP contribution in [0.4, 0.5) is 0 Å². The molecule has 1 aromatic heterocycles. The van der Waals surface area contributed by atoms with Crippen molar-refractivity contribution >= 4 is 15.9 Å². The first-order valence-corrected chi connectivity index (χ1v) is 6.52. The van der Waals surface area contributed by atoms with Gasteiger partial charge in [-0.3, -0.25) is 0 Å². The van der Waals surface area contributed by atoms with E-state index in [-0.39, 0.29) is 0 Å². The topological polar surface area (TPSA) is 31.4 Å². The Hall–Kier alpha value is -1.55. The smallest absolute Gasteiger partial charge is 0.262 e. The fourth-order valence-corrected chi connectivity index (χ4v) is 2.03. The van der Waals surface area contributed by atoms with E-state index in [0.717, 1.165) is 15.8 Å². The van der Waals surface area contributed by atoms with Crippen molar-refractivity contribution in [1.82, 2.24) is 4.98 Å². The van der Waals surface area contributed by atoms with Gasteiger partial charge < -0.3 is 9.47 Å². The number of ether oxygens (including phenoxy) is 2. The Morgan fingerprint density at radius 2 is 2.06 bits per heavy atom. The third-order valence-corrected chi connectivity index (χ3v) is 2.87. The summed E-state index contributed by atoms with van der Waals surface area (Å²) < 4.78 is 12.3. The number of rotatable bonds is 4. The molecule has 2 aromatic rings. The number of benzene rings is 1. The van der Waals surface area contributed by atoms with Gasteiger partial charge in [-0.2, -0.15) is 0 Å². The number of halogens is 1. The van der Waals surface area contributed by atoms with Crippen LogP contribution in [0.15, 0.2) is 41.0 Å². The highest BCUT2D eigenvalue weighted by Gasteiger charge is 2.08. The van der Waals surface area contributed by atoms with Crippen molar-refractivity contribution in [2.45, 2.75) is 13.8 Å². The lowest BCUT2D eigenvalue weighted by molar-refractivity contribution is 0.316. The lowest BCUT2D eigenvalue weighted by Crippen LogP contribution is -1.97. The largest absolute Gasteiger partial charge is 0.488 e. The molecule has 0 aliphatic carbocycles. The van der Waals surface area contributed by atoms with Gasteiger partial charge in [-0.05, 0) is 49.7 Å². The first kappa shape index (κ1) is 12.9. The van der Waals surface area contributed by atoms with Crippen LogP contribution in [-0.2, 0) is 0 Å². The Kier molecular flexibility index (Phi) is 4.20. The molecule has 2 rings (SSSR count). The van der Waals surface area contributed by atoms with Gasteiger partial charge in [0.05, 0.1) is 6.61 Å². The second-order valence-electron chi connectivity index (χ2n) is 3.75. The Morgan fingerprint density at radius 3 is 2.78 bits per heavy atom. The van der Waals surface area contributed by atoms with Crippen LogP contribution in [0.1, 0.15) is 12.5 Å². The Bertz CT molecular complexity index is 543. The van der Waals surface area contributed by atoms with E-state index in [1.165, 1.54) is 0 Å². The molecule has 0 bridgehead atoms. The van der Waals surface area contributed by atoms with E-state index in [1.54, 1.807) is 6.20 Å². The van der Waals surface area contributed by atoms with Gasteiger partial charge in [-0.25, -0.2) is 4.98 Å². The van der Waals surface area contributed by atoms with Crippen molar-refractivity contribution in [2.24, 2.45) is 0 Å². The SMILES string of the molecule is CCOc1cccnc1Oc1ccc(Br)cc1C. The second-order valence-corrected chi connectivity index (χ2v) is 4.67. The molecule has 0 fully saturated rings. The fraction of sp³-hybridized carbons (Fsp3) is 0.214. The molecule has 0 unspecified atom stereocenters. The summed E-state index contributed by atoms with van der Waals surface area (Å²) in [7, 11) is 0. The summed E-state index contributed by atoms with van der Waals surface area (Å²) in [4.78, 5) is 4.20. The standard InChI is InChI=1S/C14H14BrNO2/c1-3-17-13-5-4-8-16-14(13)18-12-7-6-11(15)9-10(12)2/h4-9H,3H2,1-2H3. The zero-order chi connectivity index (χ0) is 13.0. The molecule has 4 heteroatoms. The number of pyridine rings is 1. The molecule has 0 spiro atoms. The van der Waals surface area contributed by atoms with Gasteiger partial charge in [-0.1, -0.05) is 15.9 Å². The molecule has 0 amide bonds. The lowest BCUT2D eigenvalue weighted by Gasteiger charge is -2.11. The molecule has 0 atom stereocenters. The van der Waals surface area contributed by atoms with Gasteiger partial charge in [-0.15, -0.1) is 0 Å². The molecule has 0 N–H and O–H groups in total. The highest BCUT2D eigenvalue weighted by Crippen LogP contribution is 2.31. The summed E-state index contributed by atoms with van der Waals surface area (Å²) in [6.45, 7) is 4.51. The summed E-state index contributed by atoms with van der Waals surface area (Å²) in [6.07, 6.45) is 1.69. The van der Waals surface area contributed by atoms with Crippen molar-refractivity contribution in [1.29, 1.82) is 0 Å². The number of aromatic nitrogens is 1. The average Bonchev–Trinajstić information content (AvgIpc) is 2.35. The maximum atomic E-state index is 5.79. The van der Waals surface area contributed by atoms with E-state index in [2.05, 4.69) is 20.9 Å². The van der Waals surface area contributed by atoms with E-state index in [1.807, 2.05) is 44.2 Å². The minimum Gasteiger partial charge on any atom is -0.488 e. The van der Waals surface area contributed by atoms with Gasteiger partial charge in [0.2, 0.25) is 0 Å². The zero-order valence-electron chi connectivity index (χ0n) is 10.3. The highest BCUT2D eigenvalue weighted by molar-refractivity contribution is 9.10. The van der Waals surface area contributed by atoms with E-state index in [0.29, 0.717) is 18.2 Å². The number of hydrogen-bond acceptors (Lipinski definition) is 3. The van der Waals surface area contributed by atoms with Gasteiger partial charge in [0.25, 0.3) is 5.88 Å². The normalized spacial score (nSPS) is 10.2. The molecule has 3 nitrogen and oxygen atoms in total. The fourth-order valence-electron chi connectivity index (χ4n) is 1.55. The number of nitrogens with zero attached hydrogens (tertiary/aromatic N) is 1. The van der Waals surface area contributed by atoms with Gasteiger partial charge in [0.15, 0.2) is 5.75 Å². The van der Waals surface area contributed by atoms with E-state index in [9.17, 15) is 0 Å². The Labute approximate surface area is 115 Å². The summed E-state index contributed by atoms with van der Waals surface area (Å²) in [5.74, 6) is 1.92. The molecule has 1 heterocycles. The van der Waals surface area contributed by atoms with Crippen LogP contribution >= 0.6 is 15.9 Å². The third-order valence-electron chi connectivity index (χ3n) is 2.38. The predicted molar refractivity (Wildman–Crippen MR) is 74.4 cm³/mol. The molecule has 0 saturated carbocycles. The molecular formula is C14H14BrNO2. The van der Waals surface area contributed by atoms with Crippen LogP contribution in [0.25, 0.3) is 0 Å². The summed E-state index contributed by atoms with van der Waals surface area (Å²) in [5.41, 5.74) is 1.04. The molecule has 0 radical (unpaired) electrons. The quantitative estimate of drug-likeness (QED) is 0.842. The molecule has 0 aliphatic heterocycles. The third kappa shape index (κ3) is 3.01. The van der Waals surface area contributed by atoms with E-state index >= 15 is 0 Å². The maximum Gasteiger partial charge on any atom is 0.262 e. The van der Waals surface area contributed by atoms with Gasteiger partial charge >= 0.3 is 0 Å². The zero-order valence-corrected chi connectivity index (χ0v) is 11.9. The molecule has 18 heavy (non-hydrogen) atoms. The minimum atomic E-state index is 0.491. The predicted octanol–water partition coefficient (Wildman–Crippen LogP) is 4.34. The maximum absolute atomic E-state index is 5.79. The summed E-state index contributed by atoms with van der Waals surface area (Å²) >= 11 is 3.43. The van der Waals surface area contributed by atoms with Crippen LogP contribution in [0.2, 0.25) is 0 Å². The van der Waals surface area contributed by atoms with Crippen molar-refractivity contribution in [3.8, 4) is 17.4 Å². The van der Waals surface area contributed by atoms with Crippen LogP contribution < -0.4 is 9.47 Å².